The highest BCUT2D eigenvalue weighted by Crippen LogP contribution is 2.29. The molecule has 1 aliphatic carbocycles. The lowest BCUT2D eigenvalue weighted by Gasteiger charge is -2.36. The van der Waals surface area contributed by atoms with Gasteiger partial charge in [-0.05, 0) is 40.0 Å². The van der Waals surface area contributed by atoms with E-state index in [1.165, 1.54) is 0 Å². The fourth-order valence-corrected chi connectivity index (χ4v) is 1.09. The largest absolute Gasteiger partial charge is 0.317 e. The topological polar surface area (TPSA) is 64.3 Å². The lowest BCUT2D eigenvalue weighted by molar-refractivity contribution is -0.154. The Bertz CT molecular complexity index is 204. The molecular formula is C9H18N2O2. The number of nitrogens with two attached hydrogens (primary N) is 1. The van der Waals surface area contributed by atoms with Crippen LogP contribution in [0.25, 0.3) is 0 Å². The van der Waals surface area contributed by atoms with Gasteiger partial charge in [0.1, 0.15) is 0 Å². The Labute approximate surface area is 78.8 Å². The number of carbonyl (C=O) groups excluding carboxylic acids is 1. The lowest BCUT2D eigenvalue weighted by Crippen LogP contribution is -2.59. The van der Waals surface area contributed by atoms with Gasteiger partial charge in [-0.2, -0.15) is 0 Å². The van der Waals surface area contributed by atoms with Crippen LogP contribution in [0, 0.1) is 0 Å². The molecule has 0 aromatic heterocycles. The number of rotatable bonds is 2. The molecule has 0 saturated heterocycles. The van der Waals surface area contributed by atoms with Crippen molar-refractivity contribution in [2.45, 2.75) is 51.2 Å². The quantitative estimate of drug-likeness (QED) is 0.624. The Hall–Kier alpha value is -0.610. The van der Waals surface area contributed by atoms with Crippen molar-refractivity contribution < 1.29 is 9.63 Å². The molecule has 3 N–H and O–H groups in total. The number of hydroxylamine groups is 1. The van der Waals surface area contributed by atoms with Gasteiger partial charge in [0.25, 0.3) is 5.91 Å². The second-order valence-corrected chi connectivity index (χ2v) is 4.66. The molecule has 1 rings (SSSR count). The van der Waals surface area contributed by atoms with E-state index < -0.39 is 5.54 Å². The maximum absolute atomic E-state index is 11.4. The molecule has 4 heteroatoms. The maximum Gasteiger partial charge on any atom is 0.263 e. The molecule has 1 aliphatic rings. The van der Waals surface area contributed by atoms with E-state index in [2.05, 4.69) is 5.48 Å². The first-order valence-electron chi connectivity index (χ1n) is 4.61. The summed E-state index contributed by atoms with van der Waals surface area (Å²) >= 11 is 0. The van der Waals surface area contributed by atoms with Crippen LogP contribution >= 0.6 is 0 Å². The van der Waals surface area contributed by atoms with Crippen molar-refractivity contribution in [2.24, 2.45) is 5.73 Å². The molecule has 4 nitrogen and oxygen atoms in total. The minimum absolute atomic E-state index is 0.200. The summed E-state index contributed by atoms with van der Waals surface area (Å²) in [4.78, 5) is 16.6. The predicted molar refractivity (Wildman–Crippen MR) is 49.8 cm³/mol. The third-order valence-electron chi connectivity index (χ3n) is 2.15. The van der Waals surface area contributed by atoms with Gasteiger partial charge in [-0.3, -0.25) is 9.63 Å². The zero-order valence-corrected chi connectivity index (χ0v) is 8.52. The van der Waals surface area contributed by atoms with E-state index in [1.54, 1.807) is 0 Å². The Morgan fingerprint density at radius 2 is 2.00 bits per heavy atom. The Balaban J connectivity index is 2.34. The zero-order valence-electron chi connectivity index (χ0n) is 8.52. The van der Waals surface area contributed by atoms with Gasteiger partial charge in [-0.1, -0.05) is 0 Å². The van der Waals surface area contributed by atoms with Gasteiger partial charge in [0.2, 0.25) is 0 Å². The van der Waals surface area contributed by atoms with Crippen LogP contribution < -0.4 is 11.2 Å². The van der Waals surface area contributed by atoms with E-state index in [9.17, 15) is 4.79 Å². The summed E-state index contributed by atoms with van der Waals surface area (Å²) in [5, 5.41) is 0. The van der Waals surface area contributed by atoms with E-state index in [0.717, 1.165) is 19.3 Å². The molecule has 13 heavy (non-hydrogen) atoms. The molecule has 0 heterocycles. The molecule has 0 radical (unpaired) electrons. The van der Waals surface area contributed by atoms with Crippen LogP contribution in [0.5, 0.6) is 0 Å². The monoisotopic (exact) mass is 186 g/mol. The fraction of sp³-hybridized carbons (Fsp3) is 0.889. The standard InChI is InChI=1S/C9H18N2O2/c1-8(2,3)13-11-7(12)9(10)5-4-6-9/h4-6,10H2,1-3H3,(H,11,12). The van der Waals surface area contributed by atoms with Crippen LogP contribution in [0.2, 0.25) is 0 Å². The number of hydrogen-bond donors (Lipinski definition) is 2. The van der Waals surface area contributed by atoms with Gasteiger partial charge in [0.15, 0.2) is 0 Å². The summed E-state index contributed by atoms with van der Waals surface area (Å²) in [7, 11) is 0. The van der Waals surface area contributed by atoms with E-state index in [1.807, 2.05) is 20.8 Å². The second kappa shape index (κ2) is 3.27. The van der Waals surface area contributed by atoms with E-state index in [4.69, 9.17) is 10.6 Å². The van der Waals surface area contributed by atoms with Crippen LogP contribution in [0.4, 0.5) is 0 Å². The van der Waals surface area contributed by atoms with E-state index in [-0.39, 0.29) is 11.5 Å². The fourth-order valence-electron chi connectivity index (χ4n) is 1.09. The molecule has 0 aliphatic heterocycles. The molecule has 0 aromatic carbocycles. The normalized spacial score (nSPS) is 20.6. The van der Waals surface area contributed by atoms with Crippen molar-refractivity contribution in [3.63, 3.8) is 0 Å². The SMILES string of the molecule is CC(C)(C)ONC(=O)C1(N)CCC1. The summed E-state index contributed by atoms with van der Waals surface area (Å²) in [6, 6.07) is 0. The summed E-state index contributed by atoms with van der Waals surface area (Å²) in [6.07, 6.45) is 2.54. The predicted octanol–water partition coefficient (Wildman–Crippen LogP) is 0.714. The van der Waals surface area contributed by atoms with Crippen LogP contribution in [0.15, 0.2) is 0 Å². The molecule has 1 fully saturated rings. The highest BCUT2D eigenvalue weighted by atomic mass is 16.7. The summed E-state index contributed by atoms with van der Waals surface area (Å²) in [5.41, 5.74) is 7.14. The molecule has 0 aromatic rings. The Morgan fingerprint density at radius 3 is 2.31 bits per heavy atom. The van der Waals surface area contributed by atoms with E-state index in [0.29, 0.717) is 0 Å². The minimum Gasteiger partial charge on any atom is -0.317 e. The summed E-state index contributed by atoms with van der Waals surface area (Å²) in [5.74, 6) is -0.200. The first-order chi connectivity index (χ1) is 5.83. The highest BCUT2D eigenvalue weighted by Gasteiger charge is 2.40. The van der Waals surface area contributed by atoms with Crippen molar-refractivity contribution in [3.8, 4) is 0 Å². The average molecular weight is 186 g/mol. The first-order valence-corrected chi connectivity index (χ1v) is 4.61. The van der Waals surface area contributed by atoms with Crippen LogP contribution in [0.1, 0.15) is 40.0 Å². The third kappa shape index (κ3) is 2.67. The number of nitrogens with one attached hydrogen (secondary N) is 1. The molecule has 0 atom stereocenters. The van der Waals surface area contributed by atoms with Crippen LogP contribution in [-0.2, 0) is 9.63 Å². The van der Waals surface area contributed by atoms with Gasteiger partial charge in [-0.15, -0.1) is 0 Å². The molecule has 0 unspecified atom stereocenters. The van der Waals surface area contributed by atoms with E-state index >= 15 is 0 Å². The smallest absolute Gasteiger partial charge is 0.263 e. The minimum atomic E-state index is -0.675. The molecule has 76 valence electrons. The average Bonchev–Trinajstić information content (AvgIpc) is 1.94. The van der Waals surface area contributed by atoms with Crippen molar-refractivity contribution in [3.05, 3.63) is 0 Å². The van der Waals surface area contributed by atoms with Crippen LogP contribution in [-0.4, -0.2) is 17.0 Å². The molecule has 1 saturated carbocycles. The van der Waals surface area contributed by atoms with Gasteiger partial charge in [0.05, 0.1) is 11.1 Å². The molecular weight excluding hydrogens is 168 g/mol. The number of carbonyl (C=O) groups is 1. The first kappa shape index (κ1) is 10.5. The van der Waals surface area contributed by atoms with Gasteiger partial charge in [0, 0.05) is 0 Å². The van der Waals surface area contributed by atoms with Crippen molar-refractivity contribution in [1.82, 2.24) is 5.48 Å². The maximum atomic E-state index is 11.4. The summed E-state index contributed by atoms with van der Waals surface area (Å²) < 4.78 is 0. The lowest BCUT2D eigenvalue weighted by atomic mass is 9.77. The molecule has 1 amide bonds. The third-order valence-corrected chi connectivity index (χ3v) is 2.15. The zero-order chi connectivity index (χ0) is 10.1. The number of hydrogen-bond acceptors (Lipinski definition) is 3. The highest BCUT2D eigenvalue weighted by molar-refractivity contribution is 5.86. The van der Waals surface area contributed by atoms with Gasteiger partial charge >= 0.3 is 0 Å². The Morgan fingerprint density at radius 1 is 1.46 bits per heavy atom. The van der Waals surface area contributed by atoms with Gasteiger partial charge < -0.3 is 5.73 Å². The van der Waals surface area contributed by atoms with Crippen molar-refractivity contribution >= 4 is 5.91 Å². The van der Waals surface area contributed by atoms with Crippen molar-refractivity contribution in [2.75, 3.05) is 0 Å². The molecule has 0 spiro atoms. The number of amides is 1. The van der Waals surface area contributed by atoms with Crippen molar-refractivity contribution in [1.29, 1.82) is 0 Å². The van der Waals surface area contributed by atoms with Crippen LogP contribution in [0.3, 0.4) is 0 Å². The van der Waals surface area contributed by atoms with Gasteiger partial charge in [-0.25, -0.2) is 5.48 Å². The second-order valence-electron chi connectivity index (χ2n) is 4.66. The summed E-state index contributed by atoms with van der Waals surface area (Å²) in [6.45, 7) is 5.62. The molecule has 0 bridgehead atoms. The Kier molecular flexibility index (Phi) is 2.63.